The van der Waals surface area contributed by atoms with Gasteiger partial charge < -0.3 is 9.84 Å². The van der Waals surface area contributed by atoms with Crippen LogP contribution < -0.4 is 0 Å². The van der Waals surface area contributed by atoms with Gasteiger partial charge in [0.2, 0.25) is 0 Å². The summed E-state index contributed by atoms with van der Waals surface area (Å²) in [6.07, 6.45) is 8.85. The van der Waals surface area contributed by atoms with Crippen molar-refractivity contribution in [2.75, 3.05) is 0 Å². The maximum Gasteiger partial charge on any atom is 0.302 e. The van der Waals surface area contributed by atoms with E-state index in [4.69, 9.17) is 4.74 Å². The number of ether oxygens (including phenoxy) is 1. The zero-order valence-electron chi connectivity index (χ0n) is 17.7. The van der Waals surface area contributed by atoms with Crippen molar-refractivity contribution in [1.82, 2.24) is 0 Å². The normalized spacial score (nSPS) is 47.5. The molecule has 7 atom stereocenters. The minimum atomic E-state index is -1.37. The van der Waals surface area contributed by atoms with E-state index in [1.807, 2.05) is 0 Å². The number of hydrogen-bond acceptors (Lipinski definition) is 4. The molecule has 0 unspecified atom stereocenters. The molecular formula is C24H34O4. The van der Waals surface area contributed by atoms with Gasteiger partial charge in [0.1, 0.15) is 11.7 Å². The molecule has 28 heavy (non-hydrogen) atoms. The second-order valence-electron chi connectivity index (χ2n) is 10.3. The SMILES string of the molecule is C=C1C[C@@H]2[C@@H]3CC=C4C[C@@H](OC(C)=O)CC[C@]4(C)[C@H]3CC[C@]2(C)[C@@]1(O)C(C)=O. The molecule has 0 radical (unpaired) electrons. The van der Waals surface area contributed by atoms with Gasteiger partial charge in [-0.2, -0.15) is 0 Å². The Morgan fingerprint density at radius 1 is 1.14 bits per heavy atom. The van der Waals surface area contributed by atoms with Crippen molar-refractivity contribution in [1.29, 1.82) is 0 Å². The third-order valence-electron chi connectivity index (χ3n) is 9.09. The van der Waals surface area contributed by atoms with Crippen LogP contribution in [0.25, 0.3) is 0 Å². The van der Waals surface area contributed by atoms with Gasteiger partial charge in [0.05, 0.1) is 0 Å². The van der Waals surface area contributed by atoms with Crippen molar-refractivity contribution < 1.29 is 19.4 Å². The maximum absolute atomic E-state index is 12.4. The van der Waals surface area contributed by atoms with Crippen LogP contribution in [-0.2, 0) is 14.3 Å². The minimum Gasteiger partial charge on any atom is -0.462 e. The first-order valence-corrected chi connectivity index (χ1v) is 10.8. The number of carbonyl (C=O) groups excluding carboxylic acids is 2. The summed E-state index contributed by atoms with van der Waals surface area (Å²) < 4.78 is 5.51. The fourth-order valence-electron chi connectivity index (χ4n) is 7.58. The average Bonchev–Trinajstić information content (AvgIpc) is 2.83. The van der Waals surface area contributed by atoms with Crippen LogP contribution >= 0.6 is 0 Å². The fourth-order valence-corrected chi connectivity index (χ4v) is 7.58. The van der Waals surface area contributed by atoms with E-state index in [1.54, 1.807) is 0 Å². The molecule has 4 aliphatic carbocycles. The molecule has 0 spiro atoms. The molecule has 0 heterocycles. The monoisotopic (exact) mass is 386 g/mol. The summed E-state index contributed by atoms with van der Waals surface area (Å²) in [6, 6.07) is 0. The van der Waals surface area contributed by atoms with Gasteiger partial charge in [0.25, 0.3) is 0 Å². The molecule has 0 aromatic carbocycles. The number of Topliss-reactive ketones (excluding diaryl/α,β-unsaturated/α-hetero) is 1. The van der Waals surface area contributed by atoms with Crippen LogP contribution in [0.2, 0.25) is 0 Å². The van der Waals surface area contributed by atoms with Crippen molar-refractivity contribution in [3.05, 3.63) is 23.8 Å². The van der Waals surface area contributed by atoms with E-state index in [1.165, 1.54) is 19.4 Å². The van der Waals surface area contributed by atoms with Crippen molar-refractivity contribution in [3.8, 4) is 0 Å². The molecular weight excluding hydrogens is 352 g/mol. The Hall–Kier alpha value is -1.42. The number of carbonyl (C=O) groups is 2. The molecule has 4 nitrogen and oxygen atoms in total. The second-order valence-corrected chi connectivity index (χ2v) is 10.3. The molecule has 4 aliphatic rings. The number of rotatable bonds is 2. The van der Waals surface area contributed by atoms with Crippen molar-refractivity contribution in [2.24, 2.45) is 28.6 Å². The van der Waals surface area contributed by atoms with Gasteiger partial charge in [-0.3, -0.25) is 9.59 Å². The highest BCUT2D eigenvalue weighted by molar-refractivity contribution is 5.90. The Morgan fingerprint density at radius 2 is 1.86 bits per heavy atom. The van der Waals surface area contributed by atoms with Crippen LogP contribution in [0.3, 0.4) is 0 Å². The summed E-state index contributed by atoms with van der Waals surface area (Å²) in [6.45, 7) is 11.7. The average molecular weight is 387 g/mol. The molecule has 0 saturated heterocycles. The lowest BCUT2D eigenvalue weighted by Crippen LogP contribution is -2.57. The van der Waals surface area contributed by atoms with Gasteiger partial charge in [0, 0.05) is 18.8 Å². The van der Waals surface area contributed by atoms with E-state index in [2.05, 4.69) is 26.5 Å². The third-order valence-corrected chi connectivity index (χ3v) is 9.09. The lowest BCUT2D eigenvalue weighted by molar-refractivity contribution is -0.155. The molecule has 4 rings (SSSR count). The number of fused-ring (bicyclic) bond motifs is 5. The van der Waals surface area contributed by atoms with Gasteiger partial charge >= 0.3 is 5.97 Å². The van der Waals surface area contributed by atoms with Crippen molar-refractivity contribution in [3.63, 3.8) is 0 Å². The molecule has 154 valence electrons. The smallest absolute Gasteiger partial charge is 0.302 e. The standard InChI is InChI=1S/C24H34O4/c1-14-12-21-19-7-6-17-13-18(28-16(3)26)8-10-22(17,4)20(19)9-11-23(21,5)24(14,27)15(2)25/h6,18-21,27H,1,7-13H2,2-5H3/t18-,19+,20-,21+,22-,23-,24-/m0/s1. The number of esters is 1. The highest BCUT2D eigenvalue weighted by atomic mass is 16.5. The summed E-state index contributed by atoms with van der Waals surface area (Å²) in [5, 5.41) is 11.4. The Labute approximate surface area is 168 Å². The first kappa shape index (κ1) is 19.9. The number of hydrogen-bond donors (Lipinski definition) is 1. The Morgan fingerprint density at radius 3 is 2.50 bits per heavy atom. The molecule has 0 aromatic rings. The summed E-state index contributed by atoms with van der Waals surface area (Å²) in [5.74, 6) is 0.993. The van der Waals surface area contributed by atoms with Crippen LogP contribution in [-0.4, -0.2) is 28.6 Å². The summed E-state index contributed by atoms with van der Waals surface area (Å²) >= 11 is 0. The Balaban J connectivity index is 1.65. The third kappa shape index (κ3) is 2.46. The topological polar surface area (TPSA) is 63.6 Å². The van der Waals surface area contributed by atoms with E-state index in [9.17, 15) is 14.7 Å². The number of aliphatic hydroxyl groups is 1. The Bertz CT molecular complexity index is 767. The molecule has 1 N–H and O–H groups in total. The van der Waals surface area contributed by atoms with E-state index < -0.39 is 11.0 Å². The zero-order chi connectivity index (χ0) is 20.5. The molecule has 0 aliphatic heterocycles. The zero-order valence-corrected chi connectivity index (χ0v) is 17.7. The van der Waals surface area contributed by atoms with Crippen molar-refractivity contribution >= 4 is 11.8 Å². The highest BCUT2D eigenvalue weighted by Crippen LogP contribution is 2.68. The quantitative estimate of drug-likeness (QED) is 0.565. The van der Waals surface area contributed by atoms with E-state index in [0.717, 1.165) is 44.9 Å². The molecule has 3 saturated carbocycles. The van der Waals surface area contributed by atoms with Crippen LogP contribution in [0.1, 0.15) is 72.6 Å². The van der Waals surface area contributed by atoms with Gasteiger partial charge in [-0.25, -0.2) is 0 Å². The highest BCUT2D eigenvalue weighted by Gasteiger charge is 2.66. The number of ketones is 1. The molecule has 3 fully saturated rings. The summed E-state index contributed by atoms with van der Waals surface area (Å²) in [5.41, 5.74) is 0.521. The predicted molar refractivity (Wildman–Crippen MR) is 107 cm³/mol. The number of allylic oxidation sites excluding steroid dienone is 1. The first-order chi connectivity index (χ1) is 13.0. The van der Waals surface area contributed by atoms with Crippen LogP contribution in [0.15, 0.2) is 23.8 Å². The summed E-state index contributed by atoms with van der Waals surface area (Å²) in [7, 11) is 0. The predicted octanol–water partition coefficient (Wildman–Crippen LogP) is 4.37. The molecule has 0 bridgehead atoms. The van der Waals surface area contributed by atoms with E-state index in [-0.39, 0.29) is 23.3 Å². The Kier molecular flexibility index (Phi) is 4.46. The second kappa shape index (κ2) is 6.29. The van der Waals surface area contributed by atoms with E-state index in [0.29, 0.717) is 23.3 Å². The van der Waals surface area contributed by atoms with Crippen molar-refractivity contribution in [2.45, 2.75) is 84.3 Å². The van der Waals surface area contributed by atoms with E-state index >= 15 is 0 Å². The van der Waals surface area contributed by atoms with Crippen LogP contribution in [0.5, 0.6) is 0 Å². The van der Waals surface area contributed by atoms with Gasteiger partial charge in [0.15, 0.2) is 5.78 Å². The molecule has 0 amide bonds. The fraction of sp³-hybridized carbons (Fsp3) is 0.750. The first-order valence-electron chi connectivity index (χ1n) is 10.8. The molecule has 4 heteroatoms. The lowest BCUT2D eigenvalue weighted by atomic mass is 9.46. The van der Waals surface area contributed by atoms with Gasteiger partial charge in [-0.05, 0) is 74.2 Å². The lowest BCUT2D eigenvalue weighted by Gasteiger charge is -2.58. The van der Waals surface area contributed by atoms with Gasteiger partial charge in [-0.15, -0.1) is 0 Å². The largest absolute Gasteiger partial charge is 0.462 e. The van der Waals surface area contributed by atoms with Gasteiger partial charge in [-0.1, -0.05) is 32.1 Å². The maximum atomic E-state index is 12.4. The van der Waals surface area contributed by atoms with Crippen LogP contribution in [0.4, 0.5) is 0 Å². The minimum absolute atomic E-state index is 0.0105. The molecule has 0 aromatic heterocycles. The summed E-state index contributed by atoms with van der Waals surface area (Å²) in [4.78, 5) is 23.8. The van der Waals surface area contributed by atoms with Crippen LogP contribution in [0, 0.1) is 28.6 Å².